The van der Waals surface area contributed by atoms with Crippen molar-refractivity contribution in [2.45, 2.75) is 12.2 Å². The van der Waals surface area contributed by atoms with Crippen molar-refractivity contribution in [1.29, 1.82) is 0 Å². The Hall–Kier alpha value is -0.248. The number of hydrogen-bond acceptors (Lipinski definition) is 0. The molecule has 0 N–H and O–H groups in total. The van der Waals surface area contributed by atoms with Crippen LogP contribution in [-0.2, 0) is 0 Å². The summed E-state index contributed by atoms with van der Waals surface area (Å²) in [6, 6.07) is 10.7. The molecule has 0 saturated heterocycles. The molecule has 0 atom stereocenters. The SMILES string of the molecule is C[CH2][Al][c]1ccccc1. The maximum atomic E-state index is 2.24. The Morgan fingerprint density at radius 1 is 1.22 bits per heavy atom. The second-order valence-electron chi connectivity index (χ2n) is 2.02. The summed E-state index contributed by atoms with van der Waals surface area (Å²) in [5.41, 5.74) is 0. The van der Waals surface area contributed by atoms with E-state index in [0.717, 1.165) is 0 Å². The third-order valence-electron chi connectivity index (χ3n) is 1.24. The summed E-state index contributed by atoms with van der Waals surface area (Å²) >= 11 is 0.543. The largest absolute Gasteiger partial charge is 0.250 e. The van der Waals surface area contributed by atoms with Gasteiger partial charge in [0.15, 0.2) is 0 Å². The van der Waals surface area contributed by atoms with Crippen molar-refractivity contribution in [2.24, 2.45) is 0 Å². The van der Waals surface area contributed by atoms with Gasteiger partial charge in [-0.3, -0.25) is 0 Å². The van der Waals surface area contributed by atoms with Crippen LogP contribution in [0.25, 0.3) is 0 Å². The van der Waals surface area contributed by atoms with Gasteiger partial charge in [-0.2, -0.15) is 0 Å². The van der Waals surface area contributed by atoms with Crippen molar-refractivity contribution in [3.63, 3.8) is 0 Å². The quantitative estimate of drug-likeness (QED) is 0.536. The maximum absolute atomic E-state index is 2.24. The van der Waals surface area contributed by atoms with Gasteiger partial charge in [-0.1, -0.05) is 37.3 Å². The van der Waals surface area contributed by atoms with E-state index < -0.39 is 0 Å². The molecular weight excluding hydrogens is 123 g/mol. The maximum Gasteiger partial charge on any atom is 0.250 e. The third-order valence-corrected chi connectivity index (χ3v) is 2.50. The summed E-state index contributed by atoms with van der Waals surface area (Å²) in [5, 5.41) is 1.32. The van der Waals surface area contributed by atoms with Crippen molar-refractivity contribution in [1.82, 2.24) is 0 Å². The zero-order valence-electron chi connectivity index (χ0n) is 5.67. The summed E-state index contributed by atoms with van der Waals surface area (Å²) in [4.78, 5) is 0. The minimum atomic E-state index is 0.543. The monoisotopic (exact) mass is 133 g/mol. The predicted molar refractivity (Wildman–Crippen MR) is 42.3 cm³/mol. The van der Waals surface area contributed by atoms with E-state index in [1.807, 2.05) is 0 Å². The lowest BCUT2D eigenvalue weighted by molar-refractivity contribution is 1.46. The highest BCUT2D eigenvalue weighted by Crippen LogP contribution is 1.82. The van der Waals surface area contributed by atoms with Gasteiger partial charge in [0.2, 0.25) is 15.2 Å². The van der Waals surface area contributed by atoms with Crippen LogP contribution in [0.2, 0.25) is 5.28 Å². The highest BCUT2D eigenvalue weighted by atomic mass is 27.1. The van der Waals surface area contributed by atoms with Crippen LogP contribution < -0.4 is 4.43 Å². The molecule has 0 bridgehead atoms. The first kappa shape index (κ1) is 6.87. The normalized spacial score (nSPS) is 9.00. The molecule has 45 valence electrons. The molecule has 0 fully saturated rings. The molecule has 0 aliphatic heterocycles. The third kappa shape index (κ3) is 2.22. The van der Waals surface area contributed by atoms with E-state index in [0.29, 0.717) is 15.2 Å². The summed E-state index contributed by atoms with van der Waals surface area (Å²) in [7, 11) is 0. The van der Waals surface area contributed by atoms with Gasteiger partial charge in [0, 0.05) is 0 Å². The Balaban J connectivity index is 2.61. The van der Waals surface area contributed by atoms with Crippen molar-refractivity contribution in [3.05, 3.63) is 30.3 Å². The van der Waals surface area contributed by atoms with Gasteiger partial charge in [0.25, 0.3) is 0 Å². The average molecular weight is 133 g/mol. The molecular formula is C8H10Al. The van der Waals surface area contributed by atoms with E-state index in [9.17, 15) is 0 Å². The van der Waals surface area contributed by atoms with Gasteiger partial charge in [-0.05, 0) is 0 Å². The fraction of sp³-hybridized carbons (Fsp3) is 0.250. The van der Waals surface area contributed by atoms with Gasteiger partial charge < -0.3 is 0 Å². The first-order valence-corrected chi connectivity index (χ1v) is 4.71. The van der Waals surface area contributed by atoms with Crippen LogP contribution in [0, 0.1) is 0 Å². The standard InChI is InChI=1S/C6H5.C2H5.Al/c1-2-4-6-5-3-1;1-2;/h1-5H;1H2,2H3;. The highest BCUT2D eigenvalue weighted by Gasteiger charge is 1.88. The van der Waals surface area contributed by atoms with E-state index in [4.69, 9.17) is 0 Å². The number of rotatable bonds is 2. The smallest absolute Gasteiger partial charge is 0.124 e. The van der Waals surface area contributed by atoms with Gasteiger partial charge >= 0.3 is 0 Å². The van der Waals surface area contributed by atoms with Crippen LogP contribution in [0.4, 0.5) is 0 Å². The fourth-order valence-corrected chi connectivity index (χ4v) is 1.79. The van der Waals surface area contributed by atoms with Crippen molar-refractivity contribution < 1.29 is 0 Å². The van der Waals surface area contributed by atoms with Gasteiger partial charge in [0.1, 0.15) is 0 Å². The first-order chi connectivity index (χ1) is 4.43. The van der Waals surface area contributed by atoms with E-state index in [-0.39, 0.29) is 0 Å². The molecule has 0 aromatic heterocycles. The molecule has 1 aromatic rings. The Kier molecular flexibility index (Phi) is 2.84. The average Bonchev–Trinajstić information content (AvgIpc) is 1.91. The molecule has 1 radical (unpaired) electrons. The molecule has 0 aliphatic rings. The van der Waals surface area contributed by atoms with Gasteiger partial charge in [-0.25, -0.2) is 0 Å². The Labute approximate surface area is 62.6 Å². The number of benzene rings is 1. The Bertz CT molecular complexity index is 157. The zero-order valence-corrected chi connectivity index (χ0v) is 6.83. The Morgan fingerprint density at radius 2 is 1.89 bits per heavy atom. The van der Waals surface area contributed by atoms with Crippen molar-refractivity contribution in [3.8, 4) is 0 Å². The fourth-order valence-electron chi connectivity index (χ4n) is 0.825. The molecule has 0 heterocycles. The van der Waals surface area contributed by atoms with E-state index in [2.05, 4.69) is 37.3 Å². The minimum absolute atomic E-state index is 0.543. The van der Waals surface area contributed by atoms with Crippen LogP contribution in [0.5, 0.6) is 0 Å². The lowest BCUT2D eigenvalue weighted by atomic mass is 10.4. The Morgan fingerprint density at radius 3 is 2.44 bits per heavy atom. The van der Waals surface area contributed by atoms with Gasteiger partial charge in [0.05, 0.1) is 0 Å². The van der Waals surface area contributed by atoms with Crippen LogP contribution in [0.15, 0.2) is 30.3 Å². The van der Waals surface area contributed by atoms with Crippen LogP contribution in [-0.4, -0.2) is 15.2 Å². The van der Waals surface area contributed by atoms with Crippen LogP contribution in [0.1, 0.15) is 6.92 Å². The molecule has 0 unspecified atom stereocenters. The molecule has 0 aliphatic carbocycles. The molecule has 1 rings (SSSR count). The summed E-state index contributed by atoms with van der Waals surface area (Å²) < 4.78 is 1.53. The second-order valence-corrected chi connectivity index (χ2v) is 3.91. The van der Waals surface area contributed by atoms with Crippen molar-refractivity contribution >= 4 is 19.6 Å². The van der Waals surface area contributed by atoms with Crippen LogP contribution >= 0.6 is 0 Å². The molecule has 0 spiro atoms. The zero-order chi connectivity index (χ0) is 6.53. The first-order valence-electron chi connectivity index (χ1n) is 3.31. The summed E-state index contributed by atoms with van der Waals surface area (Å²) in [6.45, 7) is 2.24. The predicted octanol–water partition coefficient (Wildman–Crippen LogP) is 1.45. The van der Waals surface area contributed by atoms with E-state index in [1.165, 1.54) is 9.71 Å². The lowest BCUT2D eigenvalue weighted by Gasteiger charge is -1.91. The molecule has 1 heteroatoms. The molecule has 0 nitrogen and oxygen atoms in total. The molecule has 1 aromatic carbocycles. The second kappa shape index (κ2) is 3.72. The van der Waals surface area contributed by atoms with Crippen LogP contribution in [0.3, 0.4) is 0 Å². The molecule has 0 saturated carbocycles. The number of hydrogen-bond donors (Lipinski definition) is 0. The topological polar surface area (TPSA) is 0 Å². The van der Waals surface area contributed by atoms with E-state index >= 15 is 0 Å². The summed E-state index contributed by atoms with van der Waals surface area (Å²) in [6.07, 6.45) is 0. The molecule has 0 amide bonds. The summed E-state index contributed by atoms with van der Waals surface area (Å²) in [5.74, 6) is 0. The molecule has 9 heavy (non-hydrogen) atoms. The minimum Gasteiger partial charge on any atom is -0.124 e. The van der Waals surface area contributed by atoms with Crippen molar-refractivity contribution in [2.75, 3.05) is 0 Å². The van der Waals surface area contributed by atoms with E-state index in [1.54, 1.807) is 0 Å². The highest BCUT2D eigenvalue weighted by molar-refractivity contribution is 6.53. The lowest BCUT2D eigenvalue weighted by Crippen LogP contribution is -2.10. The van der Waals surface area contributed by atoms with Gasteiger partial charge in [-0.15, -0.1) is 9.71 Å².